The van der Waals surface area contributed by atoms with Gasteiger partial charge in [0.05, 0.1) is 16.8 Å². The fraction of sp³-hybridized carbons (Fsp3) is 0.0204. The number of para-hydroxylation sites is 2. The second-order valence-electron chi connectivity index (χ2n) is 13.6. The molecule has 0 amide bonds. The van der Waals surface area contributed by atoms with Gasteiger partial charge < -0.3 is 14.4 Å². The Hall–Kier alpha value is -6.84. The highest BCUT2D eigenvalue weighted by atomic mass is 16.6. The zero-order valence-electron chi connectivity index (χ0n) is 28.2. The molecule has 0 bridgehead atoms. The van der Waals surface area contributed by atoms with Gasteiger partial charge in [0.1, 0.15) is 0 Å². The first kappa shape index (κ1) is 28.9. The molecule has 3 aliphatic rings. The van der Waals surface area contributed by atoms with Crippen molar-refractivity contribution in [3.05, 3.63) is 210 Å². The Morgan fingerprint density at radius 2 is 0.904 bits per heavy atom. The van der Waals surface area contributed by atoms with Crippen LogP contribution in [0.25, 0.3) is 33.4 Å². The Kier molecular flexibility index (Phi) is 6.17. The van der Waals surface area contributed by atoms with Crippen LogP contribution in [0.2, 0.25) is 0 Å². The van der Waals surface area contributed by atoms with Crippen molar-refractivity contribution in [1.82, 2.24) is 0 Å². The van der Waals surface area contributed by atoms with Gasteiger partial charge in [-0.05, 0) is 80.9 Å². The number of hydrogen-bond donors (Lipinski definition) is 0. The van der Waals surface area contributed by atoms with E-state index in [0.717, 1.165) is 45.3 Å². The van der Waals surface area contributed by atoms with E-state index in [9.17, 15) is 0 Å². The summed E-state index contributed by atoms with van der Waals surface area (Å²) in [7, 11) is 0. The van der Waals surface area contributed by atoms with E-state index in [1.165, 1.54) is 38.9 Å². The topological polar surface area (TPSA) is 21.7 Å². The lowest BCUT2D eigenvalue weighted by Gasteiger charge is -2.34. The average molecular weight is 666 g/mol. The van der Waals surface area contributed by atoms with Gasteiger partial charge in [-0.15, -0.1) is 0 Å². The molecule has 1 aliphatic heterocycles. The Morgan fingerprint density at radius 1 is 0.365 bits per heavy atom. The van der Waals surface area contributed by atoms with Crippen LogP contribution >= 0.6 is 0 Å². The lowest BCUT2D eigenvalue weighted by atomic mass is 9.70. The van der Waals surface area contributed by atoms with Gasteiger partial charge in [-0.25, -0.2) is 0 Å². The van der Waals surface area contributed by atoms with Crippen LogP contribution in [0.3, 0.4) is 0 Å². The van der Waals surface area contributed by atoms with Gasteiger partial charge in [0.25, 0.3) is 0 Å². The fourth-order valence-electron chi connectivity index (χ4n) is 8.88. The largest absolute Gasteiger partial charge is 0.449 e. The van der Waals surface area contributed by atoms with Crippen LogP contribution in [0, 0.1) is 0 Å². The molecule has 0 aromatic heterocycles. The van der Waals surface area contributed by atoms with Gasteiger partial charge in [0.2, 0.25) is 0 Å². The van der Waals surface area contributed by atoms with Crippen molar-refractivity contribution in [3.8, 4) is 56.4 Å². The summed E-state index contributed by atoms with van der Waals surface area (Å²) < 4.78 is 14.0. The zero-order valence-corrected chi connectivity index (χ0v) is 28.2. The van der Waals surface area contributed by atoms with E-state index in [2.05, 4.69) is 187 Å². The lowest BCUT2D eigenvalue weighted by molar-refractivity contribution is 0.355. The summed E-state index contributed by atoms with van der Waals surface area (Å²) in [5.41, 5.74) is 14.7. The van der Waals surface area contributed by atoms with Crippen molar-refractivity contribution in [2.75, 3.05) is 4.90 Å². The summed E-state index contributed by atoms with van der Waals surface area (Å²) in [4.78, 5) is 2.30. The second-order valence-corrected chi connectivity index (χ2v) is 13.6. The van der Waals surface area contributed by atoms with E-state index in [-0.39, 0.29) is 0 Å². The molecule has 0 fully saturated rings. The molecule has 3 nitrogen and oxygen atoms in total. The third-order valence-electron chi connectivity index (χ3n) is 10.9. The summed E-state index contributed by atoms with van der Waals surface area (Å²) in [6.45, 7) is 0. The highest BCUT2D eigenvalue weighted by Crippen LogP contribution is 2.67. The number of ether oxygens (including phenoxy) is 2. The molecule has 3 heteroatoms. The van der Waals surface area contributed by atoms with E-state index >= 15 is 0 Å². The predicted octanol–water partition coefficient (Wildman–Crippen LogP) is 13.1. The lowest BCUT2D eigenvalue weighted by Crippen LogP contribution is -2.26. The summed E-state index contributed by atoms with van der Waals surface area (Å²) in [5, 5.41) is 0. The quantitative estimate of drug-likeness (QED) is 0.187. The minimum absolute atomic E-state index is 0.548. The highest BCUT2D eigenvalue weighted by molar-refractivity contribution is 5.97. The fourth-order valence-corrected chi connectivity index (χ4v) is 8.88. The molecule has 244 valence electrons. The van der Waals surface area contributed by atoms with Crippen molar-refractivity contribution in [3.63, 3.8) is 0 Å². The SMILES string of the molecule is c1ccc(-c2ccccc2N(c2ccccc2)c2ccc3c(c2)Oc2c(ccc4c2C2(c5ccccc5-c5ccccc52)c2ccccc2-4)O3)cc1. The first-order chi connectivity index (χ1) is 25.8. The molecule has 0 saturated heterocycles. The van der Waals surface area contributed by atoms with Crippen molar-refractivity contribution in [1.29, 1.82) is 0 Å². The maximum absolute atomic E-state index is 7.19. The van der Waals surface area contributed by atoms with Crippen molar-refractivity contribution in [2.45, 2.75) is 5.41 Å². The van der Waals surface area contributed by atoms with E-state index < -0.39 is 5.41 Å². The summed E-state index contributed by atoms with van der Waals surface area (Å²) in [6, 6.07) is 66.7. The molecule has 8 aromatic carbocycles. The Bertz CT molecular complexity index is 2640. The van der Waals surface area contributed by atoms with Crippen LogP contribution < -0.4 is 14.4 Å². The number of hydrogen-bond acceptors (Lipinski definition) is 3. The Morgan fingerprint density at radius 3 is 1.58 bits per heavy atom. The zero-order chi connectivity index (χ0) is 34.2. The van der Waals surface area contributed by atoms with Crippen LogP contribution in [-0.4, -0.2) is 0 Å². The molecule has 8 aromatic rings. The maximum atomic E-state index is 7.19. The molecule has 0 unspecified atom stereocenters. The number of nitrogens with zero attached hydrogens (tertiary/aromatic N) is 1. The number of benzene rings is 8. The molecule has 2 aliphatic carbocycles. The van der Waals surface area contributed by atoms with Crippen molar-refractivity contribution < 1.29 is 9.47 Å². The standard InChI is InChI=1S/C49H31NO2/c1-3-15-32(16-4-1)35-19-10-14-26-43(35)50(33-17-5-2-6-18-33)34-27-29-44-46(31-34)52-48-45(51-44)30-28-39-38-22-9-13-25-42(38)49(47(39)48)40-23-11-7-20-36(40)37-21-8-12-24-41(37)49/h1-31H. The molecular weight excluding hydrogens is 635 g/mol. The second kappa shape index (κ2) is 11.1. The van der Waals surface area contributed by atoms with Crippen molar-refractivity contribution >= 4 is 17.1 Å². The van der Waals surface area contributed by atoms with E-state index in [1.54, 1.807) is 0 Å². The third kappa shape index (κ3) is 3.96. The first-order valence-corrected chi connectivity index (χ1v) is 17.8. The Balaban J connectivity index is 1.11. The summed E-state index contributed by atoms with van der Waals surface area (Å²) in [6.07, 6.45) is 0. The average Bonchev–Trinajstić information content (AvgIpc) is 3.69. The van der Waals surface area contributed by atoms with Gasteiger partial charge in [-0.3, -0.25) is 0 Å². The minimum Gasteiger partial charge on any atom is -0.449 e. The molecule has 52 heavy (non-hydrogen) atoms. The van der Waals surface area contributed by atoms with Gasteiger partial charge in [0.15, 0.2) is 23.0 Å². The van der Waals surface area contributed by atoms with Crippen LogP contribution in [-0.2, 0) is 5.41 Å². The maximum Gasteiger partial charge on any atom is 0.175 e. The van der Waals surface area contributed by atoms with Crippen LogP contribution in [0.15, 0.2) is 188 Å². The van der Waals surface area contributed by atoms with E-state index in [1.807, 2.05) is 6.07 Å². The van der Waals surface area contributed by atoms with Gasteiger partial charge in [-0.1, -0.05) is 146 Å². The molecule has 1 heterocycles. The Labute approximate surface area is 302 Å². The molecule has 1 spiro atoms. The molecule has 0 atom stereocenters. The molecule has 11 rings (SSSR count). The van der Waals surface area contributed by atoms with Crippen molar-refractivity contribution in [2.24, 2.45) is 0 Å². The number of anilines is 3. The molecule has 0 N–H and O–H groups in total. The predicted molar refractivity (Wildman–Crippen MR) is 209 cm³/mol. The van der Waals surface area contributed by atoms with E-state index in [0.29, 0.717) is 11.5 Å². The number of fused-ring (bicyclic) bond motifs is 13. The normalized spacial score (nSPS) is 13.5. The van der Waals surface area contributed by atoms with Gasteiger partial charge in [0, 0.05) is 22.9 Å². The number of rotatable bonds is 4. The first-order valence-electron chi connectivity index (χ1n) is 17.8. The monoisotopic (exact) mass is 665 g/mol. The smallest absolute Gasteiger partial charge is 0.175 e. The van der Waals surface area contributed by atoms with Crippen LogP contribution in [0.5, 0.6) is 23.0 Å². The molecule has 0 saturated carbocycles. The molecular formula is C49H31NO2. The highest BCUT2D eigenvalue weighted by Gasteiger charge is 2.54. The van der Waals surface area contributed by atoms with Gasteiger partial charge in [-0.2, -0.15) is 0 Å². The van der Waals surface area contributed by atoms with E-state index in [4.69, 9.17) is 9.47 Å². The summed E-state index contributed by atoms with van der Waals surface area (Å²) >= 11 is 0. The van der Waals surface area contributed by atoms with Gasteiger partial charge >= 0.3 is 0 Å². The minimum atomic E-state index is -0.548. The molecule has 0 radical (unpaired) electrons. The van der Waals surface area contributed by atoms with Crippen LogP contribution in [0.4, 0.5) is 17.1 Å². The third-order valence-corrected chi connectivity index (χ3v) is 10.9. The van der Waals surface area contributed by atoms with Crippen LogP contribution in [0.1, 0.15) is 22.3 Å². The summed E-state index contributed by atoms with van der Waals surface area (Å²) in [5.74, 6) is 2.86.